The van der Waals surface area contributed by atoms with Crippen LogP contribution in [0.3, 0.4) is 0 Å². The molecule has 0 amide bonds. The smallest absolute Gasteiger partial charge is 0.257 e. The lowest BCUT2D eigenvalue weighted by Gasteiger charge is -2.28. The van der Waals surface area contributed by atoms with Crippen molar-refractivity contribution in [3.8, 4) is 0 Å². The van der Waals surface area contributed by atoms with Crippen molar-refractivity contribution in [2.24, 2.45) is 5.41 Å². The van der Waals surface area contributed by atoms with E-state index in [0.29, 0.717) is 6.92 Å². The van der Waals surface area contributed by atoms with E-state index in [4.69, 9.17) is 11.6 Å². The highest BCUT2D eigenvalue weighted by Gasteiger charge is 2.46. The van der Waals surface area contributed by atoms with Crippen LogP contribution in [0.5, 0.6) is 0 Å². The van der Waals surface area contributed by atoms with Gasteiger partial charge in [0.2, 0.25) is 0 Å². The summed E-state index contributed by atoms with van der Waals surface area (Å²) in [6.07, 6.45) is 0.943. The van der Waals surface area contributed by atoms with E-state index < -0.39 is 17.1 Å². The number of allylic oxidation sites excluding steroid dienone is 1. The van der Waals surface area contributed by atoms with Gasteiger partial charge in [-0.1, -0.05) is 11.6 Å². The van der Waals surface area contributed by atoms with Crippen LogP contribution in [0.15, 0.2) is 11.6 Å². The van der Waals surface area contributed by atoms with Crippen LogP contribution >= 0.6 is 11.6 Å². The molecule has 0 saturated heterocycles. The maximum Gasteiger partial charge on any atom is 0.257 e. The van der Waals surface area contributed by atoms with Crippen LogP contribution in [0.4, 0.5) is 8.78 Å². The van der Waals surface area contributed by atoms with Gasteiger partial charge in [-0.25, -0.2) is 8.78 Å². The average molecular weight is 197 g/mol. The van der Waals surface area contributed by atoms with Gasteiger partial charge in [0.1, 0.15) is 0 Å². The molecule has 0 atom stereocenters. The highest BCUT2D eigenvalue weighted by molar-refractivity contribution is 6.27. The molecule has 0 N–H and O–H groups in total. The predicted molar refractivity (Wildman–Crippen MR) is 44.4 cm³/mol. The summed E-state index contributed by atoms with van der Waals surface area (Å²) in [7, 11) is 0. The van der Waals surface area contributed by atoms with E-state index in [-0.39, 0.29) is 0 Å². The van der Waals surface area contributed by atoms with Gasteiger partial charge < -0.3 is 0 Å². The molecule has 4 heteroatoms. The number of alkyl halides is 2. The zero-order valence-corrected chi connectivity index (χ0v) is 7.95. The third-order valence-electron chi connectivity index (χ3n) is 1.93. The van der Waals surface area contributed by atoms with Crippen LogP contribution < -0.4 is 0 Å². The summed E-state index contributed by atoms with van der Waals surface area (Å²) < 4.78 is 25.6. The fourth-order valence-corrected chi connectivity index (χ4v) is 0.596. The molecule has 1 nitrogen and oxygen atoms in total. The van der Waals surface area contributed by atoms with Crippen molar-refractivity contribution < 1.29 is 13.6 Å². The minimum Gasteiger partial charge on any atom is -0.294 e. The molecule has 0 rings (SSSR count). The van der Waals surface area contributed by atoms with Crippen molar-refractivity contribution in [2.75, 3.05) is 0 Å². The molecule has 0 aliphatic rings. The van der Waals surface area contributed by atoms with Crippen LogP contribution in [-0.4, -0.2) is 11.7 Å². The molecule has 0 aliphatic carbocycles. The monoisotopic (exact) mass is 196 g/mol. The number of carbonyl (C=O) groups is 1. The van der Waals surface area contributed by atoms with E-state index in [2.05, 4.69) is 0 Å². The first kappa shape index (κ1) is 11.6. The van der Waals surface area contributed by atoms with E-state index in [1.54, 1.807) is 0 Å². The molecule has 0 aliphatic heterocycles. The molecular formula is C8H11ClF2O. The number of rotatable bonds is 3. The summed E-state index contributed by atoms with van der Waals surface area (Å²) in [4.78, 5) is 11.1. The standard InChI is InChI=1S/C8H11ClF2O/c1-7(2,8(3,10)11)6(12)4-5-9/h4-5H,1-3H3/b5-4+. The van der Waals surface area contributed by atoms with Crippen LogP contribution in [-0.2, 0) is 4.79 Å². The minimum atomic E-state index is -3.04. The molecule has 0 spiro atoms. The van der Waals surface area contributed by atoms with E-state index in [9.17, 15) is 13.6 Å². The molecule has 0 aromatic rings. The Kier molecular flexibility index (Phi) is 3.39. The number of hydrogen-bond donors (Lipinski definition) is 0. The van der Waals surface area contributed by atoms with Gasteiger partial charge in [0.15, 0.2) is 5.78 Å². The van der Waals surface area contributed by atoms with Crippen molar-refractivity contribution in [1.29, 1.82) is 0 Å². The number of carbonyl (C=O) groups excluding carboxylic acids is 1. The second kappa shape index (κ2) is 3.52. The van der Waals surface area contributed by atoms with Crippen molar-refractivity contribution in [1.82, 2.24) is 0 Å². The first-order valence-electron chi connectivity index (χ1n) is 3.42. The first-order valence-corrected chi connectivity index (χ1v) is 3.86. The summed E-state index contributed by atoms with van der Waals surface area (Å²) in [5, 5.41) is 0. The molecule has 0 heterocycles. The van der Waals surface area contributed by atoms with Gasteiger partial charge >= 0.3 is 0 Å². The van der Waals surface area contributed by atoms with E-state index in [0.717, 1.165) is 11.6 Å². The Morgan fingerprint density at radius 3 is 2.00 bits per heavy atom. The molecule has 12 heavy (non-hydrogen) atoms. The topological polar surface area (TPSA) is 17.1 Å². The lowest BCUT2D eigenvalue weighted by Crippen LogP contribution is -2.39. The molecule has 0 bridgehead atoms. The van der Waals surface area contributed by atoms with E-state index >= 15 is 0 Å². The lowest BCUT2D eigenvalue weighted by molar-refractivity contribution is -0.143. The third-order valence-corrected chi connectivity index (χ3v) is 2.05. The van der Waals surface area contributed by atoms with Gasteiger partial charge in [-0.05, 0) is 19.9 Å². The molecule has 0 aromatic heterocycles. The van der Waals surface area contributed by atoms with Gasteiger partial charge in [-0.15, -0.1) is 0 Å². The van der Waals surface area contributed by atoms with Crippen molar-refractivity contribution in [3.63, 3.8) is 0 Å². The number of ketones is 1. The lowest BCUT2D eigenvalue weighted by atomic mass is 9.82. The third kappa shape index (κ3) is 2.27. The van der Waals surface area contributed by atoms with Crippen LogP contribution in [0.2, 0.25) is 0 Å². The van der Waals surface area contributed by atoms with E-state index in [1.165, 1.54) is 13.8 Å². The Balaban J connectivity index is 4.74. The molecule has 0 radical (unpaired) electrons. The molecule has 0 fully saturated rings. The molecule has 0 unspecified atom stereocenters. The predicted octanol–water partition coefficient (Wildman–Crippen LogP) is 2.99. The quantitative estimate of drug-likeness (QED) is 0.635. The SMILES string of the molecule is CC(F)(F)C(C)(C)C(=O)/C=C/Cl. The van der Waals surface area contributed by atoms with Crippen molar-refractivity contribution in [2.45, 2.75) is 26.7 Å². The Hall–Kier alpha value is -0.440. The minimum absolute atomic E-state index is 0.676. The zero-order chi connectivity index (χ0) is 9.99. The normalized spacial score (nSPS) is 13.8. The highest BCUT2D eigenvalue weighted by atomic mass is 35.5. The Bertz CT molecular complexity index is 204. The largest absolute Gasteiger partial charge is 0.294 e. The van der Waals surface area contributed by atoms with Crippen LogP contribution in [0, 0.1) is 5.41 Å². The number of halogens is 3. The molecule has 0 saturated carbocycles. The number of hydrogen-bond acceptors (Lipinski definition) is 1. The van der Waals surface area contributed by atoms with Gasteiger partial charge in [-0.2, -0.15) is 0 Å². The van der Waals surface area contributed by atoms with Gasteiger partial charge in [0, 0.05) is 12.5 Å². The second-order valence-corrected chi connectivity index (χ2v) is 3.42. The van der Waals surface area contributed by atoms with Crippen molar-refractivity contribution in [3.05, 3.63) is 11.6 Å². The van der Waals surface area contributed by atoms with Gasteiger partial charge in [-0.3, -0.25) is 4.79 Å². The molecular weight excluding hydrogens is 186 g/mol. The summed E-state index contributed by atoms with van der Waals surface area (Å²) in [6.45, 7) is 3.09. The van der Waals surface area contributed by atoms with Gasteiger partial charge in [0.05, 0.1) is 5.41 Å². The maximum atomic E-state index is 12.8. The first-order chi connectivity index (χ1) is 5.23. The van der Waals surface area contributed by atoms with Crippen molar-refractivity contribution >= 4 is 17.4 Å². The summed E-state index contributed by atoms with van der Waals surface area (Å²) in [5.41, 5.74) is -0.756. The highest BCUT2D eigenvalue weighted by Crippen LogP contribution is 2.36. The zero-order valence-electron chi connectivity index (χ0n) is 7.20. The van der Waals surface area contributed by atoms with E-state index in [1.807, 2.05) is 0 Å². The van der Waals surface area contributed by atoms with Gasteiger partial charge in [0.25, 0.3) is 5.92 Å². The van der Waals surface area contributed by atoms with Crippen LogP contribution in [0.25, 0.3) is 0 Å². The Morgan fingerprint density at radius 1 is 1.33 bits per heavy atom. The fourth-order valence-electron chi connectivity index (χ4n) is 0.482. The molecule has 0 aromatic carbocycles. The fraction of sp³-hybridized carbons (Fsp3) is 0.625. The second-order valence-electron chi connectivity index (χ2n) is 3.17. The average Bonchev–Trinajstić information content (AvgIpc) is 1.85. The summed E-state index contributed by atoms with van der Waals surface area (Å²) in [5.74, 6) is -3.72. The summed E-state index contributed by atoms with van der Waals surface area (Å²) >= 11 is 5.11. The maximum absolute atomic E-state index is 12.8. The Labute approximate surface area is 75.4 Å². The molecule has 70 valence electrons. The Morgan fingerprint density at radius 2 is 1.75 bits per heavy atom. The van der Waals surface area contributed by atoms with Crippen LogP contribution in [0.1, 0.15) is 20.8 Å². The summed E-state index contributed by atoms with van der Waals surface area (Å²) in [6, 6.07) is 0.